The second-order valence-corrected chi connectivity index (χ2v) is 11.7. The predicted molar refractivity (Wildman–Crippen MR) is 161 cm³/mol. The van der Waals surface area contributed by atoms with E-state index in [1.165, 1.54) is 0 Å². The minimum absolute atomic E-state index is 0.105. The van der Waals surface area contributed by atoms with Crippen molar-refractivity contribution in [1.82, 2.24) is 4.90 Å². The highest BCUT2D eigenvalue weighted by atomic mass is 16.5. The zero-order valence-corrected chi connectivity index (χ0v) is 25.2. The Morgan fingerprint density at radius 3 is 1.55 bits per heavy atom. The summed E-state index contributed by atoms with van der Waals surface area (Å²) in [5, 5.41) is 0. The number of hydrogen-bond donors (Lipinski definition) is 0. The fourth-order valence-electron chi connectivity index (χ4n) is 5.44. The molecule has 2 heterocycles. The van der Waals surface area contributed by atoms with Gasteiger partial charge in [0.05, 0.1) is 27.4 Å². The molecule has 2 aromatic rings. The molecular formula is C34H45NO5. The van der Waals surface area contributed by atoms with Gasteiger partial charge in [-0.15, -0.1) is 0 Å². The molecule has 0 aromatic heterocycles. The molecule has 0 radical (unpaired) electrons. The summed E-state index contributed by atoms with van der Waals surface area (Å²) >= 11 is 0. The maximum atomic E-state index is 13.9. The summed E-state index contributed by atoms with van der Waals surface area (Å²) in [5.74, 6) is 4.06. The Morgan fingerprint density at radius 2 is 1.18 bits per heavy atom. The van der Waals surface area contributed by atoms with Gasteiger partial charge >= 0.3 is 0 Å². The van der Waals surface area contributed by atoms with Crippen LogP contribution in [0.25, 0.3) is 12.2 Å². The van der Waals surface area contributed by atoms with Gasteiger partial charge in [-0.3, -0.25) is 9.69 Å². The summed E-state index contributed by atoms with van der Waals surface area (Å²) in [5.41, 5.74) is 3.50. The highest BCUT2D eigenvalue weighted by molar-refractivity contribution is 6.16. The molecule has 2 unspecified atom stereocenters. The van der Waals surface area contributed by atoms with Gasteiger partial charge in [0.1, 0.15) is 0 Å². The van der Waals surface area contributed by atoms with Crippen LogP contribution in [-0.2, 0) is 4.79 Å². The quantitative estimate of drug-likeness (QED) is 0.265. The van der Waals surface area contributed by atoms with Crippen LogP contribution in [0.3, 0.4) is 0 Å². The molecule has 2 atom stereocenters. The van der Waals surface area contributed by atoms with E-state index in [0.29, 0.717) is 36.5 Å². The van der Waals surface area contributed by atoms with E-state index in [1.54, 1.807) is 14.2 Å². The van der Waals surface area contributed by atoms with E-state index in [2.05, 4.69) is 39.6 Å². The zero-order valence-electron chi connectivity index (χ0n) is 25.2. The number of ether oxygens (including phenoxy) is 4. The number of nitrogens with zero attached hydrogens (tertiary/aromatic N) is 1. The van der Waals surface area contributed by atoms with E-state index < -0.39 is 0 Å². The topological polar surface area (TPSA) is 57.2 Å². The monoisotopic (exact) mass is 547 g/mol. The summed E-state index contributed by atoms with van der Waals surface area (Å²) in [6.07, 6.45) is 7.91. The number of carbonyl (C=O) groups is 1. The minimum atomic E-state index is 0.105. The van der Waals surface area contributed by atoms with Crippen molar-refractivity contribution in [2.45, 2.75) is 65.5 Å². The van der Waals surface area contributed by atoms with Crippen LogP contribution in [0.15, 0.2) is 47.5 Å². The average Bonchev–Trinajstić information content (AvgIpc) is 3.24. The lowest BCUT2D eigenvalue weighted by molar-refractivity contribution is -0.114. The molecule has 6 nitrogen and oxygen atoms in total. The highest BCUT2D eigenvalue weighted by Gasteiger charge is 2.44. The molecule has 2 aliphatic rings. The Morgan fingerprint density at radius 1 is 0.750 bits per heavy atom. The molecule has 2 aromatic carbocycles. The van der Waals surface area contributed by atoms with E-state index in [9.17, 15) is 4.79 Å². The first kappa shape index (κ1) is 29.7. The second kappa shape index (κ2) is 13.4. The number of hydrogen-bond acceptors (Lipinski definition) is 6. The van der Waals surface area contributed by atoms with Crippen molar-refractivity contribution in [3.05, 3.63) is 58.7 Å². The van der Waals surface area contributed by atoms with Crippen LogP contribution in [0.1, 0.15) is 64.5 Å². The molecule has 0 saturated carbocycles. The van der Waals surface area contributed by atoms with Crippen LogP contribution in [-0.4, -0.2) is 57.2 Å². The van der Waals surface area contributed by atoms with Crippen LogP contribution >= 0.6 is 0 Å². The van der Waals surface area contributed by atoms with Gasteiger partial charge in [-0.25, -0.2) is 0 Å². The van der Waals surface area contributed by atoms with Crippen molar-refractivity contribution in [3.63, 3.8) is 0 Å². The summed E-state index contributed by atoms with van der Waals surface area (Å²) in [7, 11) is 5.42. The number of rotatable bonds is 12. The predicted octanol–water partition coefficient (Wildman–Crippen LogP) is 7.07. The van der Waals surface area contributed by atoms with Gasteiger partial charge in [0, 0.05) is 23.2 Å². The maximum Gasteiger partial charge on any atom is 0.188 e. The average molecular weight is 548 g/mol. The molecule has 2 bridgehead atoms. The van der Waals surface area contributed by atoms with Crippen molar-refractivity contribution in [3.8, 4) is 23.0 Å². The fraction of sp³-hybridized carbons (Fsp3) is 0.500. The molecule has 4 rings (SSSR count). The Bertz CT molecular complexity index is 1150. The van der Waals surface area contributed by atoms with Crippen molar-refractivity contribution in [1.29, 1.82) is 0 Å². The van der Waals surface area contributed by atoms with Crippen molar-refractivity contribution < 1.29 is 23.7 Å². The molecule has 0 amide bonds. The summed E-state index contributed by atoms with van der Waals surface area (Å²) in [6.45, 7) is 10.0. The molecule has 0 aliphatic carbocycles. The fourth-order valence-corrected chi connectivity index (χ4v) is 5.44. The second-order valence-electron chi connectivity index (χ2n) is 11.7. The third-order valence-electron chi connectivity index (χ3n) is 7.86. The minimum Gasteiger partial charge on any atom is -0.493 e. The normalized spacial score (nSPS) is 21.1. The van der Waals surface area contributed by atoms with E-state index in [1.807, 2.05) is 48.6 Å². The van der Waals surface area contributed by atoms with E-state index in [0.717, 1.165) is 59.5 Å². The van der Waals surface area contributed by atoms with Gasteiger partial charge in [-0.05, 0) is 92.1 Å². The Balaban J connectivity index is 1.60. The molecule has 0 N–H and O–H groups in total. The highest BCUT2D eigenvalue weighted by Crippen LogP contribution is 2.41. The van der Waals surface area contributed by atoms with Crippen LogP contribution in [0, 0.1) is 11.8 Å². The third-order valence-corrected chi connectivity index (χ3v) is 7.86. The number of ketones is 1. The first-order valence-corrected chi connectivity index (χ1v) is 14.5. The van der Waals surface area contributed by atoms with Gasteiger partial charge in [-0.1, -0.05) is 39.8 Å². The van der Waals surface area contributed by atoms with Gasteiger partial charge in [0.25, 0.3) is 0 Å². The lowest BCUT2D eigenvalue weighted by Crippen LogP contribution is -2.43. The Kier molecular flexibility index (Phi) is 9.96. The first-order chi connectivity index (χ1) is 19.2. The van der Waals surface area contributed by atoms with Crippen LogP contribution in [0.5, 0.6) is 23.0 Å². The Hall–Kier alpha value is -3.25. The van der Waals surface area contributed by atoms with Gasteiger partial charge in [-0.2, -0.15) is 0 Å². The summed E-state index contributed by atoms with van der Waals surface area (Å²) < 4.78 is 23.2. The zero-order chi connectivity index (χ0) is 28.8. The number of likely N-dealkylation sites (N-methyl/N-ethyl adjacent to an activating group) is 1. The van der Waals surface area contributed by atoms with E-state index >= 15 is 0 Å². The lowest BCUT2D eigenvalue weighted by Gasteiger charge is -2.34. The molecule has 6 heteroatoms. The number of Topliss-reactive ketones (excluding diaryl/α,β-unsaturated/α-hetero) is 1. The smallest absolute Gasteiger partial charge is 0.188 e. The molecule has 2 aliphatic heterocycles. The molecule has 2 fully saturated rings. The third kappa shape index (κ3) is 6.90. The van der Waals surface area contributed by atoms with Crippen molar-refractivity contribution in [2.24, 2.45) is 11.8 Å². The van der Waals surface area contributed by atoms with Crippen LogP contribution in [0.2, 0.25) is 0 Å². The molecular weight excluding hydrogens is 502 g/mol. The SMILES string of the molecule is COc1cc(/C=C2\C(=O)/C(=C/c3ccc(OCCC(C)C)c(OC)c3)C3CCC2N3C)ccc1OCCC(C)C. The number of fused-ring (bicyclic) bond motifs is 2. The maximum absolute atomic E-state index is 13.9. The number of piperidine rings is 1. The summed E-state index contributed by atoms with van der Waals surface area (Å²) in [6, 6.07) is 12.0. The molecule has 40 heavy (non-hydrogen) atoms. The van der Waals surface area contributed by atoms with Crippen LogP contribution in [0.4, 0.5) is 0 Å². The van der Waals surface area contributed by atoms with Gasteiger partial charge in [0.2, 0.25) is 0 Å². The molecule has 2 saturated heterocycles. The van der Waals surface area contributed by atoms with Crippen molar-refractivity contribution in [2.75, 3.05) is 34.5 Å². The van der Waals surface area contributed by atoms with E-state index in [-0.39, 0.29) is 17.9 Å². The number of carbonyl (C=O) groups excluding carboxylic acids is 1. The van der Waals surface area contributed by atoms with Crippen LogP contribution < -0.4 is 18.9 Å². The number of benzene rings is 2. The van der Waals surface area contributed by atoms with Gasteiger partial charge in [0.15, 0.2) is 28.8 Å². The molecule has 216 valence electrons. The lowest BCUT2D eigenvalue weighted by atomic mass is 9.88. The summed E-state index contributed by atoms with van der Waals surface area (Å²) in [4.78, 5) is 16.3. The number of methoxy groups -OCH3 is 2. The Labute approximate surface area is 240 Å². The standard InChI is InChI=1S/C34H45NO5/c1-22(2)14-16-39-30-12-8-24(20-32(30)37-6)18-26-28-10-11-29(35(28)5)27(34(26)36)19-25-9-13-31(33(21-25)38-7)40-17-15-23(3)4/h8-9,12-13,18-23,28-29H,10-11,14-17H2,1-7H3/b26-18-,27-19+. The largest absolute Gasteiger partial charge is 0.493 e. The van der Waals surface area contributed by atoms with Crippen molar-refractivity contribution >= 4 is 17.9 Å². The van der Waals surface area contributed by atoms with Gasteiger partial charge < -0.3 is 18.9 Å². The molecule has 0 spiro atoms. The van der Waals surface area contributed by atoms with E-state index in [4.69, 9.17) is 18.9 Å². The first-order valence-electron chi connectivity index (χ1n) is 14.5.